The van der Waals surface area contributed by atoms with Crippen molar-refractivity contribution >= 4 is 0 Å². The van der Waals surface area contributed by atoms with Gasteiger partial charge in [0.05, 0.1) is 6.10 Å². The standard InChI is InChI=1S/C16H31NO/c1-4-17(10-9-13-5-6-13)16-11-14(18)7-8-15(16)12(2)3/h12-16,18H,4-11H2,1-3H3. The van der Waals surface area contributed by atoms with Crippen LogP contribution in [-0.2, 0) is 0 Å². The third-order valence-corrected chi connectivity index (χ3v) is 5.09. The molecule has 1 N–H and O–H groups in total. The van der Waals surface area contributed by atoms with Crippen molar-refractivity contribution in [2.75, 3.05) is 13.1 Å². The minimum absolute atomic E-state index is 0.0556. The first kappa shape index (κ1) is 14.3. The summed E-state index contributed by atoms with van der Waals surface area (Å²) in [4.78, 5) is 2.66. The van der Waals surface area contributed by atoms with Gasteiger partial charge in [0.25, 0.3) is 0 Å². The van der Waals surface area contributed by atoms with Crippen molar-refractivity contribution in [1.82, 2.24) is 4.90 Å². The van der Waals surface area contributed by atoms with E-state index in [1.807, 2.05) is 0 Å². The van der Waals surface area contributed by atoms with Gasteiger partial charge in [0, 0.05) is 6.04 Å². The fourth-order valence-corrected chi connectivity index (χ4v) is 3.66. The second-order valence-electron chi connectivity index (χ2n) is 6.80. The van der Waals surface area contributed by atoms with Crippen molar-refractivity contribution in [3.05, 3.63) is 0 Å². The molecule has 0 aliphatic heterocycles. The second-order valence-corrected chi connectivity index (χ2v) is 6.80. The monoisotopic (exact) mass is 253 g/mol. The topological polar surface area (TPSA) is 23.5 Å². The molecule has 3 atom stereocenters. The maximum atomic E-state index is 9.99. The number of rotatable bonds is 6. The molecule has 2 nitrogen and oxygen atoms in total. The predicted octanol–water partition coefficient (Wildman–Crippen LogP) is 3.29. The van der Waals surface area contributed by atoms with E-state index in [9.17, 15) is 5.11 Å². The van der Waals surface area contributed by atoms with Crippen LogP contribution in [0.4, 0.5) is 0 Å². The van der Waals surface area contributed by atoms with Gasteiger partial charge in [0.1, 0.15) is 0 Å². The predicted molar refractivity (Wildman–Crippen MR) is 76.6 cm³/mol. The van der Waals surface area contributed by atoms with Crippen LogP contribution in [0, 0.1) is 17.8 Å². The van der Waals surface area contributed by atoms with Crippen LogP contribution in [0.15, 0.2) is 0 Å². The zero-order chi connectivity index (χ0) is 13.1. The molecule has 0 spiro atoms. The van der Waals surface area contributed by atoms with E-state index in [0.717, 1.165) is 37.1 Å². The molecule has 0 aromatic heterocycles. The summed E-state index contributed by atoms with van der Waals surface area (Å²) in [5.41, 5.74) is 0. The Bertz CT molecular complexity index is 249. The van der Waals surface area contributed by atoms with Gasteiger partial charge in [0.15, 0.2) is 0 Å². The lowest BCUT2D eigenvalue weighted by molar-refractivity contribution is 0.0127. The van der Waals surface area contributed by atoms with Crippen LogP contribution in [0.1, 0.15) is 59.3 Å². The highest BCUT2D eigenvalue weighted by Gasteiger charge is 2.35. The summed E-state index contributed by atoms with van der Waals surface area (Å²) in [6.07, 6.45) is 7.46. The average molecular weight is 253 g/mol. The van der Waals surface area contributed by atoms with E-state index in [-0.39, 0.29) is 6.10 Å². The van der Waals surface area contributed by atoms with Gasteiger partial charge in [0.2, 0.25) is 0 Å². The van der Waals surface area contributed by atoms with Gasteiger partial charge in [-0.05, 0) is 56.5 Å². The molecule has 2 aliphatic carbocycles. The summed E-state index contributed by atoms with van der Waals surface area (Å²) >= 11 is 0. The molecule has 18 heavy (non-hydrogen) atoms. The number of nitrogens with zero attached hydrogens (tertiary/aromatic N) is 1. The Morgan fingerprint density at radius 2 is 1.89 bits per heavy atom. The van der Waals surface area contributed by atoms with E-state index in [2.05, 4.69) is 25.7 Å². The molecule has 0 aromatic rings. The second kappa shape index (κ2) is 6.38. The van der Waals surface area contributed by atoms with Crippen LogP contribution in [-0.4, -0.2) is 35.2 Å². The van der Waals surface area contributed by atoms with E-state index in [1.165, 1.54) is 32.2 Å². The molecule has 0 heterocycles. The van der Waals surface area contributed by atoms with Gasteiger partial charge in [-0.25, -0.2) is 0 Å². The van der Waals surface area contributed by atoms with Crippen LogP contribution >= 0.6 is 0 Å². The van der Waals surface area contributed by atoms with E-state index in [0.29, 0.717) is 6.04 Å². The van der Waals surface area contributed by atoms with Gasteiger partial charge in [-0.1, -0.05) is 33.6 Å². The molecule has 2 aliphatic rings. The van der Waals surface area contributed by atoms with Crippen LogP contribution in [0.5, 0.6) is 0 Å². The summed E-state index contributed by atoms with van der Waals surface area (Å²) < 4.78 is 0. The van der Waals surface area contributed by atoms with Gasteiger partial charge in [-0.15, -0.1) is 0 Å². The van der Waals surface area contributed by atoms with Crippen molar-refractivity contribution in [3.8, 4) is 0 Å². The van der Waals surface area contributed by atoms with Crippen LogP contribution in [0.25, 0.3) is 0 Å². The largest absolute Gasteiger partial charge is 0.393 e. The van der Waals surface area contributed by atoms with E-state index >= 15 is 0 Å². The SMILES string of the molecule is CCN(CCC1CC1)C1CC(O)CCC1C(C)C. The minimum atomic E-state index is -0.0556. The van der Waals surface area contributed by atoms with Crippen LogP contribution < -0.4 is 0 Å². The first-order chi connectivity index (χ1) is 8.61. The Balaban J connectivity index is 1.93. The van der Waals surface area contributed by atoms with Crippen molar-refractivity contribution in [2.24, 2.45) is 17.8 Å². The Morgan fingerprint density at radius 1 is 1.17 bits per heavy atom. The van der Waals surface area contributed by atoms with Crippen molar-refractivity contribution in [1.29, 1.82) is 0 Å². The van der Waals surface area contributed by atoms with E-state index in [4.69, 9.17) is 0 Å². The first-order valence-electron chi connectivity index (χ1n) is 8.04. The zero-order valence-corrected chi connectivity index (χ0v) is 12.4. The zero-order valence-electron chi connectivity index (χ0n) is 12.4. The molecule has 0 saturated heterocycles. The van der Waals surface area contributed by atoms with Gasteiger partial charge >= 0.3 is 0 Å². The quantitative estimate of drug-likeness (QED) is 0.785. The summed E-state index contributed by atoms with van der Waals surface area (Å²) in [6, 6.07) is 0.623. The summed E-state index contributed by atoms with van der Waals surface area (Å²) in [5, 5.41) is 9.99. The molecule has 0 amide bonds. The average Bonchev–Trinajstić information content (AvgIpc) is 3.13. The fraction of sp³-hybridized carbons (Fsp3) is 1.00. The highest BCUT2D eigenvalue weighted by Crippen LogP contribution is 2.36. The molecule has 2 fully saturated rings. The van der Waals surface area contributed by atoms with Gasteiger partial charge < -0.3 is 10.0 Å². The summed E-state index contributed by atoms with van der Waals surface area (Å²) in [7, 11) is 0. The molecule has 0 radical (unpaired) electrons. The maximum Gasteiger partial charge on any atom is 0.0555 e. The molecular weight excluding hydrogens is 222 g/mol. The molecule has 0 aromatic carbocycles. The summed E-state index contributed by atoms with van der Waals surface area (Å²) in [6.45, 7) is 9.38. The van der Waals surface area contributed by atoms with Crippen LogP contribution in [0.3, 0.4) is 0 Å². The molecule has 0 bridgehead atoms. The highest BCUT2D eigenvalue weighted by atomic mass is 16.3. The Labute approximate surface area is 113 Å². The normalized spacial score (nSPS) is 33.3. The molecule has 2 heteroatoms. The fourth-order valence-electron chi connectivity index (χ4n) is 3.66. The van der Waals surface area contributed by atoms with E-state index < -0.39 is 0 Å². The van der Waals surface area contributed by atoms with Gasteiger partial charge in [-0.2, -0.15) is 0 Å². The molecule has 3 unspecified atom stereocenters. The van der Waals surface area contributed by atoms with Crippen molar-refractivity contribution in [2.45, 2.75) is 71.4 Å². The number of aliphatic hydroxyl groups excluding tert-OH is 1. The third kappa shape index (κ3) is 3.71. The smallest absolute Gasteiger partial charge is 0.0555 e. The number of hydrogen-bond donors (Lipinski definition) is 1. The first-order valence-corrected chi connectivity index (χ1v) is 8.04. The minimum Gasteiger partial charge on any atom is -0.393 e. The lowest BCUT2D eigenvalue weighted by Gasteiger charge is -2.43. The Kier molecular flexibility index (Phi) is 5.08. The van der Waals surface area contributed by atoms with Crippen LogP contribution in [0.2, 0.25) is 0 Å². The number of aliphatic hydroxyl groups is 1. The lowest BCUT2D eigenvalue weighted by Crippen LogP contribution is -2.47. The summed E-state index contributed by atoms with van der Waals surface area (Å²) in [5.74, 6) is 2.55. The molecule has 2 saturated carbocycles. The Morgan fingerprint density at radius 3 is 2.44 bits per heavy atom. The van der Waals surface area contributed by atoms with Gasteiger partial charge in [-0.3, -0.25) is 0 Å². The number of hydrogen-bond acceptors (Lipinski definition) is 2. The molecule has 106 valence electrons. The maximum absolute atomic E-state index is 9.99. The third-order valence-electron chi connectivity index (χ3n) is 5.09. The molecule has 2 rings (SSSR count). The molecular formula is C16H31NO. The van der Waals surface area contributed by atoms with Crippen molar-refractivity contribution < 1.29 is 5.11 Å². The highest BCUT2D eigenvalue weighted by molar-refractivity contribution is 4.88. The Hall–Kier alpha value is -0.0800. The lowest BCUT2D eigenvalue weighted by atomic mass is 9.76. The van der Waals surface area contributed by atoms with Crippen molar-refractivity contribution in [3.63, 3.8) is 0 Å². The van der Waals surface area contributed by atoms with E-state index in [1.54, 1.807) is 0 Å².